The first-order chi connectivity index (χ1) is 26.0. The molecule has 0 spiro atoms. The van der Waals surface area contributed by atoms with Crippen LogP contribution in [0.3, 0.4) is 0 Å². The number of esters is 4. The van der Waals surface area contributed by atoms with Crippen molar-refractivity contribution in [1.29, 1.82) is 0 Å². The van der Waals surface area contributed by atoms with Crippen LogP contribution in [-0.4, -0.2) is 94.3 Å². The predicted molar refractivity (Wildman–Crippen MR) is 190 cm³/mol. The fourth-order valence-electron chi connectivity index (χ4n) is 6.16. The molecular formula is C40H43NO14. The number of fused-ring (bicyclic) bond motifs is 1. The van der Waals surface area contributed by atoms with Crippen molar-refractivity contribution in [3.05, 3.63) is 101 Å². The molecule has 15 heteroatoms. The van der Waals surface area contributed by atoms with Crippen LogP contribution in [-0.2, 0) is 60.6 Å². The standard InChI is InChI=1S/C40H43NO14/c1-23(42)49-22-32-33(51-24(2)43)34(52-25(3)44)40(48,41-35(45)29-14-10-11-15-30(29)36(41)46)38(54-32)53-31(37(47)55-39(4,5)6)20-26-16-18-28(19-17-26)50-21-27-12-8-7-9-13-27/h7-19,31-34,38,48H,20-22H2,1-6H3/t31?,32-,33+,34+,38-,40-/m1/s1. The van der Waals surface area contributed by atoms with E-state index >= 15 is 0 Å². The highest BCUT2D eigenvalue weighted by molar-refractivity contribution is 6.21. The Morgan fingerprint density at radius 1 is 0.800 bits per heavy atom. The molecule has 0 aliphatic carbocycles. The van der Waals surface area contributed by atoms with Crippen molar-refractivity contribution in [1.82, 2.24) is 4.90 Å². The molecule has 292 valence electrons. The third-order valence-corrected chi connectivity index (χ3v) is 8.48. The van der Waals surface area contributed by atoms with E-state index in [1.165, 1.54) is 24.3 Å². The minimum atomic E-state index is -3.11. The second kappa shape index (κ2) is 16.8. The summed E-state index contributed by atoms with van der Waals surface area (Å²) in [5.74, 6) is -5.18. The molecule has 15 nitrogen and oxygen atoms in total. The van der Waals surface area contributed by atoms with Gasteiger partial charge in [-0.2, -0.15) is 0 Å². The van der Waals surface area contributed by atoms with Crippen molar-refractivity contribution >= 4 is 35.7 Å². The van der Waals surface area contributed by atoms with Crippen molar-refractivity contribution < 1.29 is 67.0 Å². The summed E-state index contributed by atoms with van der Waals surface area (Å²) in [7, 11) is 0. The maximum absolute atomic E-state index is 14.0. The fourth-order valence-corrected chi connectivity index (χ4v) is 6.16. The third kappa shape index (κ3) is 9.54. The topological polar surface area (TPSA) is 190 Å². The van der Waals surface area contributed by atoms with Gasteiger partial charge in [0.05, 0.1) is 11.1 Å². The van der Waals surface area contributed by atoms with Crippen LogP contribution in [0.25, 0.3) is 0 Å². The van der Waals surface area contributed by atoms with Crippen LogP contribution in [0.15, 0.2) is 78.9 Å². The molecule has 6 atom stereocenters. The lowest BCUT2D eigenvalue weighted by molar-refractivity contribution is -0.372. The Bertz CT molecular complexity index is 1870. The number of nitrogens with zero attached hydrogens (tertiary/aromatic N) is 1. The molecule has 0 radical (unpaired) electrons. The molecule has 1 unspecified atom stereocenters. The van der Waals surface area contributed by atoms with E-state index in [2.05, 4.69) is 0 Å². The van der Waals surface area contributed by atoms with Gasteiger partial charge in [0, 0.05) is 27.2 Å². The second-order valence-corrected chi connectivity index (χ2v) is 14.0. The normalized spacial score (nSPS) is 22.6. The summed E-state index contributed by atoms with van der Waals surface area (Å²) in [5.41, 5.74) is -2.86. The van der Waals surface area contributed by atoms with Crippen LogP contribution in [0.2, 0.25) is 0 Å². The van der Waals surface area contributed by atoms with E-state index in [1.54, 1.807) is 45.0 Å². The summed E-state index contributed by atoms with van der Waals surface area (Å²) in [6, 6.07) is 22.0. The molecule has 2 amide bonds. The van der Waals surface area contributed by atoms with Gasteiger partial charge in [-0.15, -0.1) is 0 Å². The van der Waals surface area contributed by atoms with E-state index in [-0.39, 0.29) is 17.5 Å². The maximum Gasteiger partial charge on any atom is 0.336 e. The van der Waals surface area contributed by atoms with Crippen LogP contribution < -0.4 is 4.74 Å². The molecule has 0 saturated carbocycles. The zero-order valence-corrected chi connectivity index (χ0v) is 31.2. The van der Waals surface area contributed by atoms with Gasteiger partial charge in [-0.1, -0.05) is 54.6 Å². The van der Waals surface area contributed by atoms with Gasteiger partial charge in [-0.25, -0.2) is 9.69 Å². The lowest BCUT2D eigenvalue weighted by Crippen LogP contribution is -2.76. The Labute approximate surface area is 317 Å². The second-order valence-electron chi connectivity index (χ2n) is 14.0. The number of aliphatic hydroxyl groups is 1. The van der Waals surface area contributed by atoms with Crippen LogP contribution in [0.4, 0.5) is 0 Å². The molecular weight excluding hydrogens is 718 g/mol. The van der Waals surface area contributed by atoms with E-state index in [0.29, 0.717) is 22.8 Å². The zero-order chi connectivity index (χ0) is 40.1. The molecule has 1 N–H and O–H groups in total. The summed E-state index contributed by atoms with van der Waals surface area (Å²) in [4.78, 5) is 79.3. The lowest BCUT2D eigenvalue weighted by Gasteiger charge is -2.52. The summed E-state index contributed by atoms with van der Waals surface area (Å²) >= 11 is 0. The molecule has 2 heterocycles. The van der Waals surface area contributed by atoms with Gasteiger partial charge in [0.15, 0.2) is 18.3 Å². The van der Waals surface area contributed by atoms with E-state index in [9.17, 15) is 33.9 Å². The highest BCUT2D eigenvalue weighted by Crippen LogP contribution is 2.42. The summed E-state index contributed by atoms with van der Waals surface area (Å²) in [6.45, 7) is 7.67. The van der Waals surface area contributed by atoms with Crippen LogP contribution >= 0.6 is 0 Å². The molecule has 2 aliphatic heterocycles. The first-order valence-corrected chi connectivity index (χ1v) is 17.5. The Morgan fingerprint density at radius 2 is 1.38 bits per heavy atom. The fraction of sp³-hybridized carbons (Fsp3) is 0.400. The molecule has 55 heavy (non-hydrogen) atoms. The van der Waals surface area contributed by atoms with Crippen molar-refractivity contribution in [2.24, 2.45) is 0 Å². The van der Waals surface area contributed by atoms with E-state index in [0.717, 1.165) is 26.3 Å². The van der Waals surface area contributed by atoms with Crippen molar-refractivity contribution in [2.45, 2.75) is 96.6 Å². The number of carbonyl (C=O) groups excluding carboxylic acids is 6. The molecule has 1 saturated heterocycles. The van der Waals surface area contributed by atoms with Crippen LogP contribution in [0.1, 0.15) is 73.4 Å². The molecule has 5 rings (SSSR count). The molecule has 1 fully saturated rings. The number of ether oxygens (including phenoxy) is 7. The average Bonchev–Trinajstić information content (AvgIpc) is 3.38. The minimum absolute atomic E-state index is 0.106. The van der Waals surface area contributed by atoms with Crippen molar-refractivity contribution in [2.75, 3.05) is 6.61 Å². The van der Waals surface area contributed by atoms with Gasteiger partial charge < -0.3 is 38.3 Å². The lowest BCUT2D eigenvalue weighted by atomic mass is 9.90. The summed E-state index contributed by atoms with van der Waals surface area (Å²) in [6.07, 6.45) is -9.43. The highest BCUT2D eigenvalue weighted by atomic mass is 16.7. The first-order valence-electron chi connectivity index (χ1n) is 17.5. The van der Waals surface area contributed by atoms with Crippen LogP contribution in [0, 0.1) is 0 Å². The Hall–Kier alpha value is -5.64. The number of rotatable bonds is 13. The third-order valence-electron chi connectivity index (χ3n) is 8.48. The zero-order valence-electron chi connectivity index (χ0n) is 31.2. The summed E-state index contributed by atoms with van der Waals surface area (Å²) in [5, 5.41) is 12.8. The monoisotopic (exact) mass is 761 g/mol. The van der Waals surface area contributed by atoms with Gasteiger partial charge in [0.25, 0.3) is 11.8 Å². The van der Waals surface area contributed by atoms with E-state index < -0.39 is 84.3 Å². The maximum atomic E-state index is 14.0. The van der Waals surface area contributed by atoms with E-state index in [1.807, 2.05) is 30.3 Å². The Morgan fingerprint density at radius 3 is 1.93 bits per heavy atom. The molecule has 2 aliphatic rings. The first kappa shape index (κ1) is 40.5. The van der Waals surface area contributed by atoms with Gasteiger partial charge in [-0.05, 0) is 56.2 Å². The van der Waals surface area contributed by atoms with Crippen molar-refractivity contribution in [3.8, 4) is 5.75 Å². The number of benzene rings is 3. The quantitative estimate of drug-likeness (QED) is 0.151. The van der Waals surface area contributed by atoms with E-state index in [4.69, 9.17) is 33.2 Å². The number of hydrogen-bond donors (Lipinski definition) is 1. The predicted octanol–water partition coefficient (Wildman–Crippen LogP) is 3.67. The van der Waals surface area contributed by atoms with Crippen LogP contribution in [0.5, 0.6) is 5.75 Å². The van der Waals surface area contributed by atoms with Gasteiger partial charge in [0.1, 0.15) is 30.7 Å². The minimum Gasteiger partial charge on any atom is -0.489 e. The van der Waals surface area contributed by atoms with Gasteiger partial charge >= 0.3 is 23.9 Å². The Balaban J connectivity index is 1.57. The van der Waals surface area contributed by atoms with Crippen molar-refractivity contribution in [3.63, 3.8) is 0 Å². The highest BCUT2D eigenvalue weighted by Gasteiger charge is 2.67. The van der Waals surface area contributed by atoms with Gasteiger partial charge in [-0.3, -0.25) is 24.0 Å². The number of imide groups is 1. The molecule has 3 aromatic rings. The number of carbonyl (C=O) groups is 6. The summed E-state index contributed by atoms with van der Waals surface area (Å²) < 4.78 is 40.2. The molecule has 0 bridgehead atoms. The number of amides is 2. The molecule has 3 aromatic carbocycles. The van der Waals surface area contributed by atoms with Gasteiger partial charge in [0.2, 0.25) is 12.0 Å². The Kier molecular flexibility index (Phi) is 12.4. The average molecular weight is 762 g/mol. The molecule has 0 aromatic heterocycles. The largest absolute Gasteiger partial charge is 0.489 e. The SMILES string of the molecule is CC(=O)OC[C@H]1O[C@@H](OC(Cc2ccc(OCc3ccccc3)cc2)C(=O)OC(C)(C)C)[C@@](O)(N2C(=O)c3ccccc3C2=O)[C@@H](OC(C)=O)[C@H]1OC(C)=O. The smallest absolute Gasteiger partial charge is 0.336 e. The number of hydrogen-bond acceptors (Lipinski definition) is 14.